The largest absolute Gasteiger partial charge is 0.391 e. The lowest BCUT2D eigenvalue weighted by Crippen LogP contribution is -2.30. The summed E-state index contributed by atoms with van der Waals surface area (Å²) >= 11 is 1.70. The molecule has 5 nitrogen and oxygen atoms in total. The minimum absolute atomic E-state index is 0.228. The first-order valence-electron chi connectivity index (χ1n) is 6.50. The lowest BCUT2D eigenvalue weighted by molar-refractivity contribution is 0.146. The van der Waals surface area contributed by atoms with Crippen molar-refractivity contribution in [2.24, 2.45) is 5.92 Å². The Morgan fingerprint density at radius 1 is 1.47 bits per heavy atom. The molecule has 6 heteroatoms. The van der Waals surface area contributed by atoms with Crippen molar-refractivity contribution in [1.82, 2.24) is 20.8 Å². The van der Waals surface area contributed by atoms with Gasteiger partial charge in [-0.05, 0) is 11.4 Å². The van der Waals surface area contributed by atoms with Crippen LogP contribution in [0, 0.1) is 5.92 Å². The summed E-state index contributed by atoms with van der Waals surface area (Å²) in [6.45, 7) is 3.19. The second-order valence-electron chi connectivity index (χ2n) is 4.86. The number of hydrogen-bond acceptors (Lipinski definition) is 5. The fourth-order valence-corrected chi connectivity index (χ4v) is 3.15. The molecule has 1 fully saturated rings. The number of thiophene rings is 1. The maximum atomic E-state index is 9.73. The molecule has 102 valence electrons. The predicted molar refractivity (Wildman–Crippen MR) is 76.0 cm³/mol. The second-order valence-corrected chi connectivity index (χ2v) is 5.81. The molecule has 0 aliphatic carbocycles. The number of nitrogens with one attached hydrogen (secondary N) is 3. The molecular weight excluding hydrogens is 260 g/mol. The van der Waals surface area contributed by atoms with Gasteiger partial charge < -0.3 is 15.7 Å². The first kappa shape index (κ1) is 12.8. The highest BCUT2D eigenvalue weighted by molar-refractivity contribution is 7.13. The molecule has 2 unspecified atom stereocenters. The summed E-state index contributed by atoms with van der Waals surface area (Å²) in [4.78, 5) is 1.21. The Hall–Kier alpha value is -1.21. The highest BCUT2D eigenvalue weighted by Gasteiger charge is 2.24. The van der Waals surface area contributed by atoms with E-state index < -0.39 is 0 Å². The van der Waals surface area contributed by atoms with Crippen LogP contribution in [0.5, 0.6) is 0 Å². The van der Waals surface area contributed by atoms with Crippen LogP contribution >= 0.6 is 11.3 Å². The maximum Gasteiger partial charge on any atom is 0.0794 e. The van der Waals surface area contributed by atoms with Gasteiger partial charge in [0, 0.05) is 37.7 Å². The van der Waals surface area contributed by atoms with E-state index in [1.807, 2.05) is 12.3 Å². The van der Waals surface area contributed by atoms with Crippen LogP contribution in [0.2, 0.25) is 0 Å². The van der Waals surface area contributed by atoms with E-state index in [0.717, 1.165) is 25.3 Å². The Morgan fingerprint density at radius 2 is 2.42 bits per heavy atom. The summed E-state index contributed by atoms with van der Waals surface area (Å²) in [5.41, 5.74) is 2.26. The zero-order chi connectivity index (χ0) is 13.1. The minimum atomic E-state index is -0.228. The molecule has 0 aromatic carbocycles. The summed E-state index contributed by atoms with van der Waals surface area (Å²) in [6, 6.07) is 4.13. The number of nitrogens with zero attached hydrogens (tertiary/aromatic N) is 1. The average molecular weight is 278 g/mol. The van der Waals surface area contributed by atoms with Crippen molar-refractivity contribution in [1.29, 1.82) is 0 Å². The van der Waals surface area contributed by atoms with Gasteiger partial charge in [-0.3, -0.25) is 5.10 Å². The summed E-state index contributed by atoms with van der Waals surface area (Å²) in [5, 5.41) is 25.6. The Labute approximate surface area is 116 Å². The van der Waals surface area contributed by atoms with E-state index in [-0.39, 0.29) is 6.10 Å². The maximum absolute atomic E-state index is 9.73. The van der Waals surface area contributed by atoms with Gasteiger partial charge in [0.25, 0.3) is 0 Å². The molecule has 0 amide bonds. The second kappa shape index (κ2) is 5.83. The monoisotopic (exact) mass is 278 g/mol. The van der Waals surface area contributed by atoms with Crippen LogP contribution in [0.15, 0.2) is 23.7 Å². The van der Waals surface area contributed by atoms with E-state index in [1.165, 1.54) is 10.4 Å². The molecule has 1 aliphatic heterocycles. The van der Waals surface area contributed by atoms with E-state index in [4.69, 9.17) is 0 Å². The van der Waals surface area contributed by atoms with E-state index in [9.17, 15) is 5.11 Å². The molecule has 1 saturated heterocycles. The number of aromatic nitrogens is 2. The fourth-order valence-electron chi connectivity index (χ4n) is 2.40. The van der Waals surface area contributed by atoms with Gasteiger partial charge >= 0.3 is 0 Å². The number of aromatic amines is 1. The van der Waals surface area contributed by atoms with Crippen LogP contribution in [-0.4, -0.2) is 41.0 Å². The number of H-pyrrole nitrogens is 1. The van der Waals surface area contributed by atoms with Crippen molar-refractivity contribution in [3.63, 3.8) is 0 Å². The van der Waals surface area contributed by atoms with Crippen LogP contribution in [-0.2, 0) is 6.54 Å². The molecule has 4 N–H and O–H groups in total. The lowest BCUT2D eigenvalue weighted by Gasteiger charge is -2.13. The number of aliphatic hydroxyl groups excluding tert-OH is 1. The number of rotatable bonds is 5. The molecule has 2 atom stereocenters. The molecule has 1 aliphatic rings. The standard InChI is InChI=1S/C13H18N4OS/c18-11-8-15-5-9(11)4-14-6-10-7-16-17-13(10)12-2-1-3-19-12/h1-3,7,9,11,14-15,18H,4-6,8H2,(H,16,17). The molecule has 2 aromatic rings. The van der Waals surface area contributed by atoms with Crippen molar-refractivity contribution in [3.05, 3.63) is 29.3 Å². The summed E-state index contributed by atoms with van der Waals surface area (Å²) in [6.07, 6.45) is 1.64. The van der Waals surface area contributed by atoms with E-state index in [1.54, 1.807) is 11.3 Å². The quantitative estimate of drug-likeness (QED) is 0.653. The third kappa shape index (κ3) is 2.87. The predicted octanol–water partition coefficient (Wildman–Crippen LogP) is 0.808. The first-order chi connectivity index (χ1) is 9.34. The third-order valence-corrected chi connectivity index (χ3v) is 4.40. The van der Waals surface area contributed by atoms with Crippen LogP contribution in [0.4, 0.5) is 0 Å². The first-order valence-corrected chi connectivity index (χ1v) is 7.38. The van der Waals surface area contributed by atoms with Gasteiger partial charge in [-0.15, -0.1) is 11.3 Å². The van der Waals surface area contributed by atoms with E-state index >= 15 is 0 Å². The van der Waals surface area contributed by atoms with Gasteiger partial charge in [0.1, 0.15) is 0 Å². The topological polar surface area (TPSA) is 73.0 Å². The highest BCUT2D eigenvalue weighted by Crippen LogP contribution is 2.25. The molecule has 2 aromatic heterocycles. The van der Waals surface area contributed by atoms with Crippen molar-refractivity contribution < 1.29 is 5.11 Å². The third-order valence-electron chi connectivity index (χ3n) is 3.51. The SMILES string of the molecule is OC1CNCC1CNCc1cn[nH]c1-c1cccs1. The highest BCUT2D eigenvalue weighted by atomic mass is 32.1. The molecule has 3 heterocycles. The number of aliphatic hydroxyl groups is 1. The van der Waals surface area contributed by atoms with Gasteiger partial charge in [0.15, 0.2) is 0 Å². The Morgan fingerprint density at radius 3 is 3.16 bits per heavy atom. The summed E-state index contributed by atoms with van der Waals surface area (Å²) in [7, 11) is 0. The normalized spacial score (nSPS) is 23.0. The fraction of sp³-hybridized carbons (Fsp3) is 0.462. The molecule has 0 radical (unpaired) electrons. The molecular formula is C13H18N4OS. The number of β-amino-alcohol motifs (C(OH)–C–C–N with tert-alkyl or cyclic N) is 1. The minimum Gasteiger partial charge on any atom is -0.391 e. The van der Waals surface area contributed by atoms with Crippen LogP contribution in [0.25, 0.3) is 10.6 Å². The number of hydrogen-bond donors (Lipinski definition) is 4. The van der Waals surface area contributed by atoms with Gasteiger partial charge in [-0.2, -0.15) is 5.10 Å². The van der Waals surface area contributed by atoms with Crippen LogP contribution in [0.1, 0.15) is 5.56 Å². The van der Waals surface area contributed by atoms with Crippen molar-refractivity contribution >= 4 is 11.3 Å². The molecule has 0 bridgehead atoms. The van der Waals surface area contributed by atoms with Crippen LogP contribution in [0.3, 0.4) is 0 Å². The van der Waals surface area contributed by atoms with Gasteiger partial charge in [0.2, 0.25) is 0 Å². The average Bonchev–Trinajstić information content (AvgIpc) is 3.11. The Kier molecular flexibility index (Phi) is 3.93. The molecule has 3 rings (SSSR count). The van der Waals surface area contributed by atoms with Crippen molar-refractivity contribution in [2.45, 2.75) is 12.6 Å². The van der Waals surface area contributed by atoms with Crippen LogP contribution < -0.4 is 10.6 Å². The lowest BCUT2D eigenvalue weighted by atomic mass is 10.1. The molecule has 0 spiro atoms. The van der Waals surface area contributed by atoms with E-state index in [2.05, 4.69) is 32.3 Å². The zero-order valence-electron chi connectivity index (χ0n) is 10.6. The molecule has 19 heavy (non-hydrogen) atoms. The van der Waals surface area contributed by atoms with Crippen molar-refractivity contribution in [2.75, 3.05) is 19.6 Å². The van der Waals surface area contributed by atoms with Gasteiger partial charge in [-0.25, -0.2) is 0 Å². The Balaban J connectivity index is 1.57. The summed E-state index contributed by atoms with van der Waals surface area (Å²) in [5.74, 6) is 0.303. The molecule has 0 saturated carbocycles. The Bertz CT molecular complexity index is 510. The smallest absolute Gasteiger partial charge is 0.0794 e. The van der Waals surface area contributed by atoms with Crippen molar-refractivity contribution in [3.8, 4) is 10.6 Å². The zero-order valence-corrected chi connectivity index (χ0v) is 11.4. The van der Waals surface area contributed by atoms with Gasteiger partial charge in [-0.1, -0.05) is 6.07 Å². The van der Waals surface area contributed by atoms with Gasteiger partial charge in [0.05, 0.1) is 22.9 Å². The van der Waals surface area contributed by atoms with E-state index in [0.29, 0.717) is 12.5 Å². The summed E-state index contributed by atoms with van der Waals surface area (Å²) < 4.78 is 0.